The maximum Gasteiger partial charge on any atom is 0.472 e. The molecule has 90 heavy (non-hydrogen) atoms. The van der Waals surface area contributed by atoms with E-state index in [-0.39, 0.29) is 25.7 Å². The number of phosphoric ester groups is 2. The summed E-state index contributed by atoms with van der Waals surface area (Å²) < 4.78 is 68.2. The second-order valence-electron chi connectivity index (χ2n) is 26.4. The molecule has 0 aliphatic rings. The number of unbranched alkanes of at least 4 members (excludes halogenated alkanes) is 32. The first-order valence-corrected chi connectivity index (χ1v) is 39.2. The fourth-order valence-corrected chi connectivity index (χ4v) is 11.8. The van der Waals surface area contributed by atoms with Crippen molar-refractivity contribution in [3.05, 3.63) is 24.3 Å². The lowest BCUT2D eigenvalue weighted by atomic mass is 10.0. The van der Waals surface area contributed by atoms with Crippen LogP contribution in [0.5, 0.6) is 0 Å². The SMILES string of the molecule is CCCCCC/C=C\C=C/CCCCCCCC(=O)OC[C@H](COP(=O)(O)OC[C@@H](O)COP(=O)(O)OC[C@@H](COC(=O)CCCCCCCCC(C)C)OC(=O)CCCCCCCCCCCCCCCCC(C)C)OC(=O)CCCCCCCCC(C)C. The Bertz CT molecular complexity index is 1860. The Kier molecular flexibility index (Phi) is 59.7. The van der Waals surface area contributed by atoms with Crippen molar-refractivity contribution in [1.29, 1.82) is 0 Å². The summed E-state index contributed by atoms with van der Waals surface area (Å²) in [5, 5.41) is 10.6. The number of aliphatic hydroxyl groups excluding tert-OH is 1. The monoisotopic (exact) mass is 1320 g/mol. The van der Waals surface area contributed by atoms with Gasteiger partial charge in [0.1, 0.15) is 19.3 Å². The molecule has 0 aromatic rings. The molecular formula is C71H134O17P2. The van der Waals surface area contributed by atoms with E-state index in [1.54, 1.807) is 0 Å². The second-order valence-corrected chi connectivity index (χ2v) is 29.3. The number of hydrogen-bond donors (Lipinski definition) is 3. The summed E-state index contributed by atoms with van der Waals surface area (Å²) in [4.78, 5) is 72.4. The van der Waals surface area contributed by atoms with E-state index >= 15 is 0 Å². The predicted molar refractivity (Wildman–Crippen MR) is 363 cm³/mol. The molecule has 0 spiro atoms. The number of carbonyl (C=O) groups excluding carboxylic acids is 4. The van der Waals surface area contributed by atoms with Gasteiger partial charge in [0.15, 0.2) is 12.2 Å². The molecule has 0 amide bonds. The van der Waals surface area contributed by atoms with Crippen LogP contribution in [0.1, 0.15) is 331 Å². The van der Waals surface area contributed by atoms with E-state index in [2.05, 4.69) is 72.8 Å². The average Bonchev–Trinajstić information content (AvgIpc) is 3.66. The van der Waals surface area contributed by atoms with E-state index in [1.165, 1.54) is 116 Å². The molecule has 17 nitrogen and oxygen atoms in total. The molecule has 0 aliphatic carbocycles. The standard InChI is InChI=1S/C71H134O17P2/c1-8-9-10-11-12-13-14-15-16-20-23-26-29-38-45-52-68(73)81-58-67(88-71(76)55-48-41-34-32-37-44-51-64(6)7)61-86-90(79,80)84-57-65(72)56-83-89(77,78)85-60-66(59-82-69(74)53-46-39-33-31-36-43-50-63(4)5)87-70(75)54-47-40-30-27-24-21-18-17-19-22-25-28-35-42-49-62(2)3/h13-16,62-67,72H,8-12,17-61H2,1-7H3,(H,77,78)(H,79,80)/b14-13-,16-15-/t65-,66+,67+/m0/s1. The third-order valence-corrected chi connectivity index (χ3v) is 17.7. The van der Waals surface area contributed by atoms with Crippen LogP contribution < -0.4 is 0 Å². The van der Waals surface area contributed by atoms with E-state index in [9.17, 15) is 43.2 Å². The molecule has 0 bridgehead atoms. The Morgan fingerprint density at radius 3 is 0.900 bits per heavy atom. The number of hydrogen-bond acceptors (Lipinski definition) is 15. The predicted octanol–water partition coefficient (Wildman–Crippen LogP) is 19.8. The molecule has 0 heterocycles. The van der Waals surface area contributed by atoms with Crippen LogP contribution in [0.15, 0.2) is 24.3 Å². The molecule has 0 aliphatic heterocycles. The van der Waals surface area contributed by atoms with E-state index in [4.69, 9.17) is 37.0 Å². The quantitative estimate of drug-likeness (QED) is 0.0169. The van der Waals surface area contributed by atoms with Crippen molar-refractivity contribution in [1.82, 2.24) is 0 Å². The maximum absolute atomic E-state index is 13.0. The van der Waals surface area contributed by atoms with Crippen LogP contribution in [0.3, 0.4) is 0 Å². The number of esters is 4. The Labute approximate surface area is 548 Å². The summed E-state index contributed by atoms with van der Waals surface area (Å²) in [5.74, 6) is -0.0251. The normalized spacial score (nSPS) is 14.4. The molecule has 530 valence electrons. The van der Waals surface area contributed by atoms with Gasteiger partial charge in [-0.25, -0.2) is 9.13 Å². The van der Waals surface area contributed by atoms with Crippen molar-refractivity contribution in [2.24, 2.45) is 17.8 Å². The van der Waals surface area contributed by atoms with Gasteiger partial charge in [-0.05, 0) is 69.1 Å². The zero-order valence-electron chi connectivity index (χ0n) is 58.1. The van der Waals surface area contributed by atoms with Crippen LogP contribution >= 0.6 is 15.6 Å². The first-order valence-electron chi connectivity index (χ1n) is 36.2. The van der Waals surface area contributed by atoms with Gasteiger partial charge in [-0.2, -0.15) is 0 Å². The average molecular weight is 1320 g/mol. The van der Waals surface area contributed by atoms with Crippen molar-refractivity contribution in [2.45, 2.75) is 349 Å². The highest BCUT2D eigenvalue weighted by atomic mass is 31.2. The van der Waals surface area contributed by atoms with E-state index < -0.39 is 97.5 Å². The lowest BCUT2D eigenvalue weighted by Gasteiger charge is -2.21. The van der Waals surface area contributed by atoms with Crippen LogP contribution in [0, 0.1) is 17.8 Å². The molecule has 0 rings (SSSR count). The topological polar surface area (TPSA) is 237 Å². The number of carbonyl (C=O) groups is 4. The summed E-state index contributed by atoms with van der Waals surface area (Å²) in [7, 11) is -9.91. The molecule has 0 aromatic heterocycles. The fourth-order valence-electron chi connectivity index (χ4n) is 10.2. The lowest BCUT2D eigenvalue weighted by molar-refractivity contribution is -0.161. The van der Waals surface area contributed by atoms with Gasteiger partial charge in [-0.3, -0.25) is 37.3 Å². The summed E-state index contributed by atoms with van der Waals surface area (Å²) in [6, 6.07) is 0. The summed E-state index contributed by atoms with van der Waals surface area (Å²) in [6.07, 6.45) is 48.4. The number of aliphatic hydroxyl groups is 1. The van der Waals surface area contributed by atoms with Crippen molar-refractivity contribution >= 4 is 39.5 Å². The zero-order valence-corrected chi connectivity index (χ0v) is 59.9. The first-order chi connectivity index (χ1) is 43.2. The molecule has 0 saturated carbocycles. The minimum absolute atomic E-state index is 0.0948. The molecule has 19 heteroatoms. The Hall–Kier alpha value is -2.46. The van der Waals surface area contributed by atoms with Gasteiger partial charge in [0.25, 0.3) is 0 Å². The first kappa shape index (κ1) is 87.5. The van der Waals surface area contributed by atoms with Gasteiger partial charge in [0.2, 0.25) is 0 Å². The largest absolute Gasteiger partial charge is 0.472 e. The number of ether oxygens (including phenoxy) is 4. The van der Waals surface area contributed by atoms with Crippen LogP contribution in [0.25, 0.3) is 0 Å². The molecule has 5 atom stereocenters. The highest BCUT2D eigenvalue weighted by molar-refractivity contribution is 7.47. The van der Waals surface area contributed by atoms with Crippen LogP contribution in [-0.4, -0.2) is 96.7 Å². The molecule has 0 saturated heterocycles. The van der Waals surface area contributed by atoms with E-state index in [0.717, 1.165) is 121 Å². The minimum Gasteiger partial charge on any atom is -0.462 e. The van der Waals surface area contributed by atoms with Crippen molar-refractivity contribution in [3.8, 4) is 0 Å². The minimum atomic E-state index is -4.96. The molecule has 0 aromatic carbocycles. The molecule has 0 radical (unpaired) electrons. The van der Waals surface area contributed by atoms with E-state index in [1.807, 2.05) is 0 Å². The summed E-state index contributed by atoms with van der Waals surface area (Å²) in [5.41, 5.74) is 0. The van der Waals surface area contributed by atoms with Gasteiger partial charge >= 0.3 is 39.5 Å². The third kappa shape index (κ3) is 64.3. The highest BCUT2D eigenvalue weighted by Crippen LogP contribution is 2.45. The van der Waals surface area contributed by atoms with Gasteiger partial charge in [0, 0.05) is 25.7 Å². The van der Waals surface area contributed by atoms with Gasteiger partial charge in [-0.1, -0.05) is 278 Å². The van der Waals surface area contributed by atoms with E-state index in [0.29, 0.717) is 37.5 Å². The fraction of sp³-hybridized carbons (Fsp3) is 0.887. The lowest BCUT2D eigenvalue weighted by Crippen LogP contribution is -2.30. The Morgan fingerprint density at radius 1 is 0.344 bits per heavy atom. The zero-order chi connectivity index (χ0) is 66.6. The van der Waals surface area contributed by atoms with Crippen molar-refractivity contribution < 1.29 is 80.2 Å². The maximum atomic E-state index is 13.0. The number of rotatable bonds is 67. The van der Waals surface area contributed by atoms with Crippen LogP contribution in [0.4, 0.5) is 0 Å². The summed E-state index contributed by atoms with van der Waals surface area (Å²) >= 11 is 0. The van der Waals surface area contributed by atoms with Gasteiger partial charge < -0.3 is 33.8 Å². The van der Waals surface area contributed by atoms with Crippen LogP contribution in [0.2, 0.25) is 0 Å². The summed E-state index contributed by atoms with van der Waals surface area (Å²) in [6.45, 7) is 11.6. The van der Waals surface area contributed by atoms with Crippen molar-refractivity contribution in [3.63, 3.8) is 0 Å². The Balaban J connectivity index is 5.21. The number of allylic oxidation sites excluding steroid dienone is 4. The highest BCUT2D eigenvalue weighted by Gasteiger charge is 2.30. The molecule has 2 unspecified atom stereocenters. The smallest absolute Gasteiger partial charge is 0.462 e. The molecular weight excluding hydrogens is 1190 g/mol. The van der Waals surface area contributed by atoms with Gasteiger partial charge in [-0.15, -0.1) is 0 Å². The number of phosphoric acid groups is 2. The molecule has 3 N–H and O–H groups in total. The van der Waals surface area contributed by atoms with Crippen LogP contribution in [-0.2, 0) is 65.4 Å². The van der Waals surface area contributed by atoms with Crippen molar-refractivity contribution in [2.75, 3.05) is 39.6 Å². The van der Waals surface area contributed by atoms with Gasteiger partial charge in [0.05, 0.1) is 26.4 Å². The third-order valence-electron chi connectivity index (χ3n) is 15.8. The Morgan fingerprint density at radius 2 is 0.600 bits per heavy atom. The molecule has 0 fully saturated rings. The second kappa shape index (κ2) is 61.4.